The van der Waals surface area contributed by atoms with Gasteiger partial charge in [-0.05, 0) is 21.0 Å². The van der Waals surface area contributed by atoms with Crippen LogP contribution in [0.3, 0.4) is 0 Å². The van der Waals surface area contributed by atoms with E-state index in [1.54, 1.807) is 6.08 Å². The molecular weight excluding hydrogens is 196 g/mol. The lowest BCUT2D eigenvalue weighted by molar-refractivity contribution is -0.146. The highest BCUT2D eigenvalue weighted by Crippen LogP contribution is 1.97. The van der Waals surface area contributed by atoms with Gasteiger partial charge in [-0.1, -0.05) is 6.08 Å². The maximum atomic E-state index is 11.4. The zero-order valence-corrected chi connectivity index (χ0v) is 9.60. The zero-order chi connectivity index (χ0) is 12.0. The van der Waals surface area contributed by atoms with Gasteiger partial charge in [-0.15, -0.1) is 0 Å². The van der Waals surface area contributed by atoms with Crippen LogP contribution in [0.15, 0.2) is 12.2 Å². The number of carbonyl (C=O) groups is 2. The van der Waals surface area contributed by atoms with Gasteiger partial charge in [0, 0.05) is 19.7 Å². The first-order valence-electron chi connectivity index (χ1n) is 4.67. The molecule has 86 valence electrons. The largest absolute Gasteiger partial charge is 0.480 e. The van der Waals surface area contributed by atoms with Crippen molar-refractivity contribution >= 4 is 11.9 Å². The van der Waals surface area contributed by atoms with Gasteiger partial charge in [-0.25, -0.2) is 4.79 Å². The molecule has 0 saturated carbocycles. The van der Waals surface area contributed by atoms with Crippen molar-refractivity contribution < 1.29 is 14.7 Å². The van der Waals surface area contributed by atoms with Crippen molar-refractivity contribution in [3.05, 3.63) is 12.2 Å². The number of hydrogen-bond acceptors (Lipinski definition) is 3. The van der Waals surface area contributed by atoms with Crippen molar-refractivity contribution in [1.82, 2.24) is 9.80 Å². The van der Waals surface area contributed by atoms with Crippen LogP contribution in [0.5, 0.6) is 0 Å². The van der Waals surface area contributed by atoms with E-state index in [0.29, 0.717) is 6.54 Å². The standard InChI is InChI=1S/C10H18N2O3/c1-8(10(14)15)12(4)9(13)6-5-7-11(2)3/h5-6,8H,7H2,1-4H3,(H,14,15)/b6-5+. The lowest BCUT2D eigenvalue weighted by Gasteiger charge is -2.19. The van der Waals surface area contributed by atoms with E-state index in [0.717, 1.165) is 0 Å². The minimum absolute atomic E-state index is 0.299. The molecule has 1 atom stereocenters. The van der Waals surface area contributed by atoms with Gasteiger partial charge in [0.15, 0.2) is 0 Å². The molecule has 0 saturated heterocycles. The van der Waals surface area contributed by atoms with Crippen LogP contribution < -0.4 is 0 Å². The molecule has 0 aromatic carbocycles. The van der Waals surface area contributed by atoms with Crippen LogP contribution in [0.2, 0.25) is 0 Å². The molecule has 0 aliphatic carbocycles. The third-order valence-corrected chi connectivity index (χ3v) is 2.02. The van der Waals surface area contributed by atoms with Crippen molar-refractivity contribution in [2.75, 3.05) is 27.7 Å². The van der Waals surface area contributed by atoms with Crippen molar-refractivity contribution in [3.8, 4) is 0 Å². The third-order valence-electron chi connectivity index (χ3n) is 2.02. The van der Waals surface area contributed by atoms with E-state index in [-0.39, 0.29) is 5.91 Å². The maximum absolute atomic E-state index is 11.4. The molecular formula is C10H18N2O3. The first-order chi connectivity index (χ1) is 6.86. The molecule has 0 aliphatic rings. The van der Waals surface area contributed by atoms with Gasteiger partial charge in [-0.2, -0.15) is 0 Å². The fourth-order valence-electron chi connectivity index (χ4n) is 0.838. The van der Waals surface area contributed by atoms with E-state index >= 15 is 0 Å². The predicted octanol–water partition coefficient (Wildman–Crippen LogP) is 0.0357. The van der Waals surface area contributed by atoms with Gasteiger partial charge in [0.25, 0.3) is 0 Å². The molecule has 5 heteroatoms. The lowest BCUT2D eigenvalue weighted by Crippen LogP contribution is -2.39. The van der Waals surface area contributed by atoms with Crippen molar-refractivity contribution in [2.24, 2.45) is 0 Å². The SMILES string of the molecule is CC(C(=O)O)N(C)C(=O)/C=C/CN(C)C. The number of carbonyl (C=O) groups excluding carboxylic acids is 1. The molecule has 0 spiro atoms. The summed E-state index contributed by atoms with van der Waals surface area (Å²) in [7, 11) is 5.25. The fourth-order valence-corrected chi connectivity index (χ4v) is 0.838. The number of hydrogen-bond donors (Lipinski definition) is 1. The molecule has 1 N–H and O–H groups in total. The number of rotatable bonds is 5. The van der Waals surface area contributed by atoms with Crippen LogP contribution >= 0.6 is 0 Å². The Labute approximate surface area is 90.0 Å². The Kier molecular flexibility index (Phi) is 5.62. The van der Waals surface area contributed by atoms with Crippen LogP contribution in [0.25, 0.3) is 0 Å². The number of carboxylic acids is 1. The molecule has 0 fully saturated rings. The highest BCUT2D eigenvalue weighted by molar-refractivity contribution is 5.90. The predicted molar refractivity (Wildman–Crippen MR) is 57.6 cm³/mol. The summed E-state index contributed by atoms with van der Waals surface area (Å²) in [6, 6.07) is -0.804. The average molecular weight is 214 g/mol. The van der Waals surface area contributed by atoms with E-state index in [2.05, 4.69) is 0 Å². The first kappa shape index (κ1) is 13.6. The van der Waals surface area contributed by atoms with Gasteiger partial charge in [0.05, 0.1) is 0 Å². The zero-order valence-electron chi connectivity index (χ0n) is 9.60. The summed E-state index contributed by atoms with van der Waals surface area (Å²) in [5, 5.41) is 8.69. The van der Waals surface area contributed by atoms with Gasteiger partial charge < -0.3 is 14.9 Å². The van der Waals surface area contributed by atoms with Crippen LogP contribution in [0.1, 0.15) is 6.92 Å². The number of aliphatic carboxylic acids is 1. The highest BCUT2D eigenvalue weighted by atomic mass is 16.4. The highest BCUT2D eigenvalue weighted by Gasteiger charge is 2.19. The van der Waals surface area contributed by atoms with Crippen molar-refractivity contribution in [2.45, 2.75) is 13.0 Å². The smallest absolute Gasteiger partial charge is 0.326 e. The summed E-state index contributed by atoms with van der Waals surface area (Å²) in [5.74, 6) is -1.31. The van der Waals surface area contributed by atoms with Crippen molar-refractivity contribution in [3.63, 3.8) is 0 Å². The molecule has 0 aromatic rings. The minimum Gasteiger partial charge on any atom is -0.480 e. The second kappa shape index (κ2) is 6.19. The average Bonchev–Trinajstić information content (AvgIpc) is 2.14. The second-order valence-corrected chi connectivity index (χ2v) is 3.63. The number of carboxylic acid groups (broad SMARTS) is 1. The van der Waals surface area contributed by atoms with Crippen LogP contribution in [0.4, 0.5) is 0 Å². The number of likely N-dealkylation sites (N-methyl/N-ethyl adjacent to an activating group) is 2. The van der Waals surface area contributed by atoms with Crippen molar-refractivity contribution in [1.29, 1.82) is 0 Å². The molecule has 15 heavy (non-hydrogen) atoms. The summed E-state index contributed by atoms with van der Waals surface area (Å²) in [4.78, 5) is 25.1. The fraction of sp³-hybridized carbons (Fsp3) is 0.600. The molecule has 0 bridgehead atoms. The Bertz CT molecular complexity index is 261. The normalized spacial score (nSPS) is 13.1. The van der Waals surface area contributed by atoms with Crippen LogP contribution in [0, 0.1) is 0 Å². The van der Waals surface area contributed by atoms with E-state index in [1.165, 1.54) is 24.9 Å². The lowest BCUT2D eigenvalue weighted by atomic mass is 10.3. The Balaban J connectivity index is 4.21. The summed E-state index contributed by atoms with van der Waals surface area (Å²) < 4.78 is 0. The number of amides is 1. The van der Waals surface area contributed by atoms with E-state index < -0.39 is 12.0 Å². The third kappa shape index (κ3) is 5.17. The molecule has 0 aromatic heterocycles. The molecule has 0 rings (SSSR count). The molecule has 0 aliphatic heterocycles. The van der Waals surface area contributed by atoms with E-state index in [4.69, 9.17) is 5.11 Å². The summed E-state index contributed by atoms with van der Waals surface area (Å²) >= 11 is 0. The quantitative estimate of drug-likeness (QED) is 0.656. The van der Waals surface area contributed by atoms with Gasteiger partial charge >= 0.3 is 5.97 Å². The van der Waals surface area contributed by atoms with Gasteiger partial charge in [0.2, 0.25) is 5.91 Å². The Morgan fingerprint density at radius 1 is 1.33 bits per heavy atom. The van der Waals surface area contributed by atoms with E-state index in [9.17, 15) is 9.59 Å². The summed E-state index contributed by atoms with van der Waals surface area (Å²) in [6.07, 6.45) is 3.09. The molecule has 0 radical (unpaired) electrons. The monoisotopic (exact) mass is 214 g/mol. The van der Waals surface area contributed by atoms with Crippen LogP contribution in [-0.2, 0) is 9.59 Å². The Morgan fingerprint density at radius 3 is 2.27 bits per heavy atom. The van der Waals surface area contributed by atoms with Crippen LogP contribution in [-0.4, -0.2) is 60.5 Å². The maximum Gasteiger partial charge on any atom is 0.326 e. The minimum atomic E-state index is -1.01. The molecule has 5 nitrogen and oxygen atoms in total. The summed E-state index contributed by atoms with van der Waals surface area (Å²) in [6.45, 7) is 2.13. The Morgan fingerprint density at radius 2 is 1.87 bits per heavy atom. The second-order valence-electron chi connectivity index (χ2n) is 3.63. The van der Waals surface area contributed by atoms with Gasteiger partial charge in [-0.3, -0.25) is 4.79 Å². The summed E-state index contributed by atoms with van der Waals surface area (Å²) in [5.41, 5.74) is 0. The molecule has 1 amide bonds. The van der Waals surface area contributed by atoms with E-state index in [1.807, 2.05) is 19.0 Å². The first-order valence-corrected chi connectivity index (χ1v) is 4.67. The topological polar surface area (TPSA) is 60.9 Å². The number of nitrogens with zero attached hydrogens (tertiary/aromatic N) is 2. The van der Waals surface area contributed by atoms with Gasteiger partial charge in [0.1, 0.15) is 6.04 Å². The molecule has 1 unspecified atom stereocenters. The Hall–Kier alpha value is -1.36. The molecule has 0 heterocycles.